The van der Waals surface area contributed by atoms with Gasteiger partial charge in [0.2, 0.25) is 0 Å². The van der Waals surface area contributed by atoms with Crippen molar-refractivity contribution < 1.29 is 14.3 Å². The predicted octanol–water partition coefficient (Wildman–Crippen LogP) is 5.31. The van der Waals surface area contributed by atoms with Crippen LogP contribution >= 0.6 is 0 Å². The highest BCUT2D eigenvalue weighted by Crippen LogP contribution is 2.28. The van der Waals surface area contributed by atoms with Gasteiger partial charge in [-0.2, -0.15) is 5.10 Å². The number of rotatable bonds is 10. The molecule has 0 spiro atoms. The maximum absolute atomic E-state index is 12.1. The molecule has 1 atom stereocenters. The monoisotopic (exact) mass is 416 g/mol. The van der Waals surface area contributed by atoms with Crippen LogP contribution in [0.25, 0.3) is 0 Å². The summed E-state index contributed by atoms with van der Waals surface area (Å²) in [7, 11) is 0. The zero-order chi connectivity index (χ0) is 21.9. The summed E-state index contributed by atoms with van der Waals surface area (Å²) in [6.45, 7) is 4.67. The van der Waals surface area contributed by atoms with E-state index in [4.69, 9.17) is 9.47 Å². The Hall–Kier alpha value is -3.60. The largest absolute Gasteiger partial charge is 0.489 e. The maximum atomic E-state index is 12.1. The highest BCUT2D eigenvalue weighted by Gasteiger charge is 2.10. The zero-order valence-corrected chi connectivity index (χ0v) is 18.0. The Balaban J connectivity index is 1.49. The first-order chi connectivity index (χ1) is 15.2. The van der Waals surface area contributed by atoms with Gasteiger partial charge in [0.25, 0.3) is 5.91 Å². The first kappa shape index (κ1) is 22.1. The van der Waals surface area contributed by atoms with Crippen molar-refractivity contribution in [2.24, 2.45) is 5.10 Å². The molecule has 0 saturated heterocycles. The Morgan fingerprint density at radius 1 is 1.00 bits per heavy atom. The van der Waals surface area contributed by atoms with Gasteiger partial charge in [-0.1, -0.05) is 74.5 Å². The molecule has 1 amide bonds. The molecule has 1 N–H and O–H groups in total. The average molecular weight is 417 g/mol. The van der Waals surface area contributed by atoms with Crippen LogP contribution in [0, 0.1) is 0 Å². The molecule has 3 aromatic rings. The van der Waals surface area contributed by atoms with Gasteiger partial charge in [-0.25, -0.2) is 5.43 Å². The molecule has 0 bridgehead atoms. The summed E-state index contributed by atoms with van der Waals surface area (Å²) in [5.74, 6) is 1.53. The van der Waals surface area contributed by atoms with Crippen LogP contribution in [0.4, 0.5) is 0 Å². The number of carbonyl (C=O) groups is 1. The van der Waals surface area contributed by atoms with Crippen molar-refractivity contribution in [3.05, 3.63) is 95.6 Å². The number of amides is 1. The highest BCUT2D eigenvalue weighted by atomic mass is 16.5. The minimum Gasteiger partial charge on any atom is -0.489 e. The third-order valence-electron chi connectivity index (χ3n) is 4.93. The zero-order valence-electron chi connectivity index (χ0n) is 18.0. The van der Waals surface area contributed by atoms with Crippen LogP contribution in [0.15, 0.2) is 84.0 Å². The lowest BCUT2D eigenvalue weighted by atomic mass is 9.98. The van der Waals surface area contributed by atoms with Crippen LogP contribution in [0.3, 0.4) is 0 Å². The summed E-state index contributed by atoms with van der Waals surface area (Å²) in [5.41, 5.74) is 5.54. The molecular formula is C26H28N2O3. The first-order valence-corrected chi connectivity index (χ1v) is 10.5. The van der Waals surface area contributed by atoms with Crippen molar-refractivity contribution in [2.45, 2.75) is 32.8 Å². The third-order valence-corrected chi connectivity index (χ3v) is 4.93. The lowest BCUT2D eigenvalue weighted by molar-refractivity contribution is -0.123. The smallest absolute Gasteiger partial charge is 0.277 e. The van der Waals surface area contributed by atoms with Crippen molar-refractivity contribution in [2.75, 3.05) is 6.61 Å². The summed E-state index contributed by atoms with van der Waals surface area (Å²) in [6.07, 6.45) is 2.59. The molecule has 3 rings (SSSR count). The first-order valence-electron chi connectivity index (χ1n) is 10.5. The minimum atomic E-state index is -0.313. The van der Waals surface area contributed by atoms with Gasteiger partial charge in [0, 0.05) is 0 Å². The van der Waals surface area contributed by atoms with Crippen molar-refractivity contribution in [1.29, 1.82) is 0 Å². The lowest BCUT2D eigenvalue weighted by Crippen LogP contribution is -2.25. The molecule has 3 aromatic carbocycles. The number of carbonyl (C=O) groups excluding carboxylic acids is 1. The number of hydrazone groups is 1. The van der Waals surface area contributed by atoms with Crippen LogP contribution in [-0.2, 0) is 11.4 Å². The van der Waals surface area contributed by atoms with E-state index in [1.54, 1.807) is 6.21 Å². The summed E-state index contributed by atoms with van der Waals surface area (Å²) in [4.78, 5) is 12.1. The Morgan fingerprint density at radius 2 is 1.77 bits per heavy atom. The molecule has 1 unspecified atom stereocenters. The maximum Gasteiger partial charge on any atom is 0.277 e. The second kappa shape index (κ2) is 11.6. The van der Waals surface area contributed by atoms with E-state index in [9.17, 15) is 4.79 Å². The van der Waals surface area contributed by atoms with Gasteiger partial charge in [0.1, 0.15) is 18.1 Å². The Kier molecular flexibility index (Phi) is 8.23. The van der Waals surface area contributed by atoms with Crippen molar-refractivity contribution in [1.82, 2.24) is 5.43 Å². The highest BCUT2D eigenvalue weighted by molar-refractivity contribution is 5.83. The van der Waals surface area contributed by atoms with Crippen LogP contribution in [0.2, 0.25) is 0 Å². The van der Waals surface area contributed by atoms with E-state index in [0.29, 0.717) is 12.5 Å². The van der Waals surface area contributed by atoms with Gasteiger partial charge in [0.05, 0.1) is 6.21 Å². The SMILES string of the molecule is CCC(C)c1ccccc1OCC(=O)N/N=C/c1cccc(OCc2ccccc2)c1. The second-order valence-electron chi connectivity index (χ2n) is 7.28. The van der Waals surface area contributed by atoms with Gasteiger partial charge < -0.3 is 9.47 Å². The Bertz CT molecular complexity index is 1000. The number of para-hydroxylation sites is 1. The minimum absolute atomic E-state index is 0.0922. The fourth-order valence-electron chi connectivity index (χ4n) is 3.02. The molecule has 5 nitrogen and oxygen atoms in total. The van der Waals surface area contributed by atoms with Gasteiger partial charge in [-0.3, -0.25) is 4.79 Å². The molecular weight excluding hydrogens is 388 g/mol. The molecule has 5 heteroatoms. The molecule has 0 fully saturated rings. The van der Waals surface area contributed by atoms with Crippen molar-refractivity contribution in [3.8, 4) is 11.5 Å². The van der Waals surface area contributed by atoms with E-state index < -0.39 is 0 Å². The number of nitrogens with one attached hydrogen (secondary N) is 1. The topological polar surface area (TPSA) is 59.9 Å². The van der Waals surface area contributed by atoms with Crippen LogP contribution in [0.5, 0.6) is 11.5 Å². The fraction of sp³-hybridized carbons (Fsp3) is 0.231. The van der Waals surface area contributed by atoms with Gasteiger partial charge in [0.15, 0.2) is 6.61 Å². The number of hydrogen-bond acceptors (Lipinski definition) is 4. The number of ether oxygens (including phenoxy) is 2. The molecule has 0 aliphatic carbocycles. The summed E-state index contributed by atoms with van der Waals surface area (Å²) < 4.78 is 11.5. The standard InChI is InChI=1S/C26H28N2O3/c1-3-20(2)24-14-7-8-15-25(24)31-19-26(29)28-27-17-22-12-9-13-23(16-22)30-18-21-10-5-4-6-11-21/h4-17,20H,3,18-19H2,1-2H3,(H,28,29)/b27-17+. The molecule has 0 aliphatic heterocycles. The van der Waals surface area contributed by atoms with Crippen molar-refractivity contribution in [3.63, 3.8) is 0 Å². The van der Waals surface area contributed by atoms with Gasteiger partial charge >= 0.3 is 0 Å². The third kappa shape index (κ3) is 7.00. The molecule has 0 aliphatic rings. The van der Waals surface area contributed by atoms with Crippen LogP contribution in [-0.4, -0.2) is 18.7 Å². The van der Waals surface area contributed by atoms with Crippen LogP contribution < -0.4 is 14.9 Å². The van der Waals surface area contributed by atoms with E-state index in [1.165, 1.54) is 0 Å². The predicted molar refractivity (Wildman–Crippen MR) is 124 cm³/mol. The molecule has 0 saturated carbocycles. The van der Waals surface area contributed by atoms with E-state index in [-0.39, 0.29) is 12.5 Å². The quantitative estimate of drug-likeness (QED) is 0.360. The molecule has 0 aromatic heterocycles. The second-order valence-corrected chi connectivity index (χ2v) is 7.28. The fourth-order valence-corrected chi connectivity index (χ4v) is 3.02. The number of benzene rings is 3. The van der Waals surface area contributed by atoms with Crippen molar-refractivity contribution >= 4 is 12.1 Å². The lowest BCUT2D eigenvalue weighted by Gasteiger charge is -2.15. The van der Waals surface area contributed by atoms with Gasteiger partial charge in [-0.15, -0.1) is 0 Å². The summed E-state index contributed by atoms with van der Waals surface area (Å²) in [5, 5.41) is 4.03. The van der Waals surface area contributed by atoms with Gasteiger partial charge in [-0.05, 0) is 47.2 Å². The normalized spacial score (nSPS) is 11.8. The van der Waals surface area contributed by atoms with E-state index in [2.05, 4.69) is 24.4 Å². The van der Waals surface area contributed by atoms with Crippen LogP contribution in [0.1, 0.15) is 42.9 Å². The summed E-state index contributed by atoms with van der Waals surface area (Å²) >= 11 is 0. The molecule has 31 heavy (non-hydrogen) atoms. The summed E-state index contributed by atoms with van der Waals surface area (Å²) in [6, 6.07) is 25.3. The average Bonchev–Trinajstić information content (AvgIpc) is 2.82. The van der Waals surface area contributed by atoms with E-state index >= 15 is 0 Å². The Labute approximate surface area is 183 Å². The molecule has 0 radical (unpaired) electrons. The van der Waals surface area contributed by atoms with E-state index in [0.717, 1.165) is 34.6 Å². The van der Waals surface area contributed by atoms with E-state index in [1.807, 2.05) is 78.9 Å². The molecule has 160 valence electrons. The number of nitrogens with zero attached hydrogens (tertiary/aromatic N) is 1. The molecule has 0 heterocycles. The number of hydrogen-bond donors (Lipinski definition) is 1. The Morgan fingerprint density at radius 3 is 2.58 bits per heavy atom.